The van der Waals surface area contributed by atoms with Gasteiger partial charge in [0, 0.05) is 26.2 Å². The molecule has 6 N–H and O–H groups in total. The lowest BCUT2D eigenvalue weighted by molar-refractivity contribution is 0.0459. The van der Waals surface area contributed by atoms with Gasteiger partial charge in [-0.25, -0.2) is 0 Å². The standard InChI is InChI=1S/C43H84N4O2.CH4/c1-3-5-7-9-11-13-15-17-19-21-23-25-27-29-31-33-35-46(39-42(48)37-44)41-47(40-43(49)38-45)36-34-32-30-28-26-24-22-20-18-16-14-12-10-8-6-4-2;/h11-14,17-20,42-43,48-49H,3-10,15-16,21-41,44-45H2,1-2H3;1H4/b13-11-,14-12-,19-17+,20-18+;. The Morgan fingerprint density at radius 3 is 1.06 bits per heavy atom. The second-order valence-electron chi connectivity index (χ2n) is 14.2. The minimum Gasteiger partial charge on any atom is -0.390 e. The van der Waals surface area contributed by atoms with Gasteiger partial charge in [-0.15, -0.1) is 0 Å². The van der Waals surface area contributed by atoms with E-state index >= 15 is 0 Å². The zero-order valence-electron chi connectivity index (χ0n) is 32.6. The Morgan fingerprint density at radius 1 is 0.440 bits per heavy atom. The van der Waals surface area contributed by atoms with Crippen molar-refractivity contribution in [2.75, 3.05) is 45.9 Å². The van der Waals surface area contributed by atoms with Crippen LogP contribution in [0.5, 0.6) is 0 Å². The lowest BCUT2D eigenvalue weighted by Gasteiger charge is -2.33. The Kier molecular flexibility index (Phi) is 42.8. The summed E-state index contributed by atoms with van der Waals surface area (Å²) < 4.78 is 0. The van der Waals surface area contributed by atoms with Crippen LogP contribution < -0.4 is 11.5 Å². The summed E-state index contributed by atoms with van der Waals surface area (Å²) in [5, 5.41) is 20.7. The maximum absolute atomic E-state index is 10.4. The summed E-state index contributed by atoms with van der Waals surface area (Å²) in [6.07, 6.45) is 47.4. The Morgan fingerprint density at radius 2 is 0.740 bits per heavy atom. The van der Waals surface area contributed by atoms with Crippen LogP contribution in [0.3, 0.4) is 0 Å². The molecule has 0 heterocycles. The lowest BCUT2D eigenvalue weighted by Crippen LogP contribution is -2.47. The topological polar surface area (TPSA) is 99.0 Å². The van der Waals surface area contributed by atoms with Crippen LogP contribution in [0.2, 0.25) is 0 Å². The van der Waals surface area contributed by atoms with Crippen molar-refractivity contribution in [1.29, 1.82) is 0 Å². The molecule has 0 radical (unpaired) electrons. The Bertz CT molecular complexity index is 707. The molecule has 0 saturated heterocycles. The van der Waals surface area contributed by atoms with Crippen LogP contribution in [0.15, 0.2) is 48.6 Å². The molecule has 0 aromatic rings. The van der Waals surface area contributed by atoms with E-state index in [2.05, 4.69) is 72.3 Å². The SMILES string of the molecule is C.CCCCC/C=C\C/C=C/CCCCCCCCN(CC(O)CN)CN(CCCCCCCC/C=C/C/C=C\CCCCC)CC(O)CN. The van der Waals surface area contributed by atoms with Crippen molar-refractivity contribution in [2.45, 2.75) is 188 Å². The van der Waals surface area contributed by atoms with E-state index in [9.17, 15) is 10.2 Å². The molecule has 0 aliphatic heterocycles. The second-order valence-corrected chi connectivity index (χ2v) is 14.2. The van der Waals surface area contributed by atoms with Crippen LogP contribution in [0.4, 0.5) is 0 Å². The Balaban J connectivity index is 0. The van der Waals surface area contributed by atoms with Gasteiger partial charge in [-0.3, -0.25) is 9.80 Å². The first kappa shape index (κ1) is 50.8. The van der Waals surface area contributed by atoms with Crippen LogP contribution in [-0.2, 0) is 0 Å². The molecule has 296 valence electrons. The van der Waals surface area contributed by atoms with Gasteiger partial charge < -0.3 is 21.7 Å². The van der Waals surface area contributed by atoms with Gasteiger partial charge >= 0.3 is 0 Å². The maximum atomic E-state index is 10.4. The first-order chi connectivity index (χ1) is 24.1. The van der Waals surface area contributed by atoms with Crippen molar-refractivity contribution < 1.29 is 10.2 Å². The van der Waals surface area contributed by atoms with Crippen molar-refractivity contribution >= 4 is 0 Å². The van der Waals surface area contributed by atoms with Crippen molar-refractivity contribution in [3.63, 3.8) is 0 Å². The summed E-state index contributed by atoms with van der Waals surface area (Å²) >= 11 is 0. The first-order valence-electron chi connectivity index (χ1n) is 20.9. The fraction of sp³-hybridized carbons (Fsp3) is 0.818. The summed E-state index contributed by atoms with van der Waals surface area (Å²) in [5.74, 6) is 0. The molecular weight excluding hydrogens is 617 g/mol. The number of rotatable bonds is 38. The third-order valence-corrected chi connectivity index (χ3v) is 9.23. The van der Waals surface area contributed by atoms with E-state index in [-0.39, 0.29) is 20.5 Å². The Hall–Kier alpha value is -1.28. The zero-order chi connectivity index (χ0) is 35.9. The maximum Gasteiger partial charge on any atom is 0.0789 e. The molecule has 0 saturated carbocycles. The van der Waals surface area contributed by atoms with E-state index < -0.39 is 12.2 Å². The zero-order valence-corrected chi connectivity index (χ0v) is 32.6. The smallest absolute Gasteiger partial charge is 0.0789 e. The third-order valence-electron chi connectivity index (χ3n) is 9.23. The minimum absolute atomic E-state index is 0. The molecule has 0 aromatic carbocycles. The predicted octanol–water partition coefficient (Wildman–Crippen LogP) is 10.5. The summed E-state index contributed by atoms with van der Waals surface area (Å²) in [4.78, 5) is 4.67. The third kappa shape index (κ3) is 38.0. The van der Waals surface area contributed by atoms with Crippen molar-refractivity contribution in [3.8, 4) is 0 Å². The monoisotopic (exact) mass is 705 g/mol. The van der Waals surface area contributed by atoms with Gasteiger partial charge in [-0.1, -0.05) is 147 Å². The molecular formula is C44H88N4O2. The van der Waals surface area contributed by atoms with Crippen molar-refractivity contribution in [1.82, 2.24) is 9.80 Å². The number of hydrogen-bond acceptors (Lipinski definition) is 6. The average Bonchev–Trinajstić information content (AvgIpc) is 3.10. The van der Waals surface area contributed by atoms with Crippen LogP contribution in [0, 0.1) is 0 Å². The second kappa shape index (κ2) is 42.1. The van der Waals surface area contributed by atoms with Crippen molar-refractivity contribution in [2.24, 2.45) is 11.5 Å². The number of nitrogens with zero attached hydrogens (tertiary/aromatic N) is 2. The summed E-state index contributed by atoms with van der Waals surface area (Å²) in [5.41, 5.74) is 11.6. The number of aliphatic hydroxyl groups is 2. The van der Waals surface area contributed by atoms with Gasteiger partial charge in [0.2, 0.25) is 0 Å². The molecule has 0 bridgehead atoms. The van der Waals surface area contributed by atoms with E-state index in [0.717, 1.165) is 45.4 Å². The van der Waals surface area contributed by atoms with E-state index in [4.69, 9.17) is 11.5 Å². The minimum atomic E-state index is -0.521. The van der Waals surface area contributed by atoms with Gasteiger partial charge in [0.15, 0.2) is 0 Å². The highest BCUT2D eigenvalue weighted by molar-refractivity contribution is 4.93. The fourth-order valence-electron chi connectivity index (χ4n) is 6.11. The molecule has 2 atom stereocenters. The molecule has 0 rings (SSSR count). The summed E-state index contributed by atoms with van der Waals surface area (Å²) in [6, 6.07) is 0. The number of nitrogens with two attached hydrogens (primary N) is 2. The highest BCUT2D eigenvalue weighted by Gasteiger charge is 2.17. The predicted molar refractivity (Wildman–Crippen MR) is 224 cm³/mol. The average molecular weight is 705 g/mol. The van der Waals surface area contributed by atoms with Crippen LogP contribution in [0.25, 0.3) is 0 Å². The number of hydrogen-bond donors (Lipinski definition) is 4. The molecule has 0 fully saturated rings. The number of unbranched alkanes of at least 4 members (excludes halogenated alkanes) is 18. The lowest BCUT2D eigenvalue weighted by atomic mass is 10.1. The molecule has 0 aliphatic carbocycles. The molecule has 2 unspecified atom stereocenters. The van der Waals surface area contributed by atoms with Crippen molar-refractivity contribution in [3.05, 3.63) is 48.6 Å². The van der Waals surface area contributed by atoms with Crippen LogP contribution in [0.1, 0.15) is 175 Å². The quantitative estimate of drug-likeness (QED) is 0.0290. The molecule has 0 aromatic heterocycles. The van der Waals surface area contributed by atoms with E-state index in [0.29, 0.717) is 13.1 Å². The normalized spacial score (nSPS) is 13.6. The highest BCUT2D eigenvalue weighted by atomic mass is 16.3. The summed E-state index contributed by atoms with van der Waals surface area (Å²) in [6.45, 7) is 8.86. The fourth-order valence-corrected chi connectivity index (χ4v) is 6.11. The van der Waals surface area contributed by atoms with E-state index in [1.54, 1.807) is 0 Å². The molecule has 6 nitrogen and oxygen atoms in total. The Labute approximate surface area is 312 Å². The molecule has 0 aliphatic rings. The van der Waals surface area contributed by atoms with Crippen LogP contribution >= 0.6 is 0 Å². The van der Waals surface area contributed by atoms with E-state index in [1.807, 2.05) is 0 Å². The molecule has 50 heavy (non-hydrogen) atoms. The first-order valence-corrected chi connectivity index (χ1v) is 20.9. The number of aliphatic hydroxyl groups excluding tert-OH is 2. The largest absolute Gasteiger partial charge is 0.390 e. The summed E-state index contributed by atoms with van der Waals surface area (Å²) in [7, 11) is 0. The van der Waals surface area contributed by atoms with Crippen LogP contribution in [-0.4, -0.2) is 78.2 Å². The van der Waals surface area contributed by atoms with Gasteiger partial charge in [0.25, 0.3) is 0 Å². The number of allylic oxidation sites excluding steroid dienone is 8. The highest BCUT2D eigenvalue weighted by Crippen LogP contribution is 2.12. The van der Waals surface area contributed by atoms with Gasteiger partial charge in [0.05, 0.1) is 18.9 Å². The molecule has 0 spiro atoms. The van der Waals surface area contributed by atoms with E-state index in [1.165, 1.54) is 128 Å². The molecule has 6 heteroatoms. The molecule has 0 amide bonds. The van der Waals surface area contributed by atoms with Gasteiger partial charge in [-0.05, 0) is 90.1 Å². The van der Waals surface area contributed by atoms with Gasteiger partial charge in [0.1, 0.15) is 0 Å². The van der Waals surface area contributed by atoms with Gasteiger partial charge in [-0.2, -0.15) is 0 Å².